The third-order valence-electron chi connectivity index (χ3n) is 9.04. The molecule has 1 heterocycles. The summed E-state index contributed by atoms with van der Waals surface area (Å²) in [5.74, 6) is -0.612. The lowest BCUT2D eigenvalue weighted by Crippen LogP contribution is -3.00. The molecular weight excluding hydrogens is 630 g/mol. The maximum atomic E-state index is 12.7. The van der Waals surface area contributed by atoms with Crippen molar-refractivity contribution in [1.29, 1.82) is 0 Å². The number of allylic oxidation sites excluding steroid dienone is 4. The molecule has 1 aromatic rings. The minimum Gasteiger partial charge on any atom is -1.00 e. The SMILES string of the molecule is CCCCCCCC/C=C/CCCCCCCC(=O)OC(OC(=O)CCCCCCC/C=C/CCCCCCCC)c1cc[n+](C)cc1.[Cl-]. The minimum atomic E-state index is -0.988. The number of carbonyl (C=O) groups is 2. The highest BCUT2D eigenvalue weighted by atomic mass is 35.5. The van der Waals surface area contributed by atoms with Gasteiger partial charge in [-0.05, 0) is 64.2 Å². The van der Waals surface area contributed by atoms with Gasteiger partial charge in [0.1, 0.15) is 7.05 Å². The van der Waals surface area contributed by atoms with Gasteiger partial charge in [0, 0.05) is 30.5 Å². The third-order valence-corrected chi connectivity index (χ3v) is 9.04. The number of aryl methyl sites for hydroxylation is 1. The van der Waals surface area contributed by atoms with Gasteiger partial charge in [0.25, 0.3) is 6.29 Å². The topological polar surface area (TPSA) is 56.5 Å². The molecule has 0 aliphatic heterocycles. The fraction of sp³-hybridized carbons (Fsp3) is 0.744. The van der Waals surface area contributed by atoms with E-state index in [1.54, 1.807) is 0 Å². The summed E-state index contributed by atoms with van der Waals surface area (Å²) >= 11 is 0. The average Bonchev–Trinajstić information content (AvgIpc) is 3.08. The van der Waals surface area contributed by atoms with Crippen LogP contribution in [0.25, 0.3) is 0 Å². The van der Waals surface area contributed by atoms with E-state index in [1.165, 1.54) is 116 Å². The predicted octanol–water partition coefficient (Wildman–Crippen LogP) is 9.68. The summed E-state index contributed by atoms with van der Waals surface area (Å²) < 4.78 is 13.3. The number of ether oxygens (including phenoxy) is 2. The summed E-state index contributed by atoms with van der Waals surface area (Å²) in [6.45, 7) is 4.53. The Morgan fingerprint density at radius 3 is 1.18 bits per heavy atom. The molecule has 6 heteroatoms. The number of hydrogen-bond donors (Lipinski definition) is 0. The van der Waals surface area contributed by atoms with Crippen LogP contribution in [0.3, 0.4) is 0 Å². The fourth-order valence-electron chi connectivity index (χ4n) is 5.87. The molecule has 0 aromatic carbocycles. The van der Waals surface area contributed by atoms with Crippen LogP contribution in [0, 0.1) is 0 Å². The van der Waals surface area contributed by atoms with Gasteiger partial charge in [0.15, 0.2) is 12.4 Å². The van der Waals surface area contributed by atoms with E-state index in [-0.39, 0.29) is 24.3 Å². The Labute approximate surface area is 308 Å². The van der Waals surface area contributed by atoms with E-state index in [1.807, 2.05) is 36.1 Å². The van der Waals surface area contributed by atoms with Crippen molar-refractivity contribution in [2.24, 2.45) is 7.05 Å². The molecule has 49 heavy (non-hydrogen) atoms. The zero-order valence-corrected chi connectivity index (χ0v) is 32.7. The summed E-state index contributed by atoms with van der Waals surface area (Å²) in [6.07, 6.45) is 44.5. The van der Waals surface area contributed by atoms with E-state index < -0.39 is 6.29 Å². The summed E-state index contributed by atoms with van der Waals surface area (Å²) in [5, 5.41) is 0. The van der Waals surface area contributed by atoms with Crippen LogP contribution in [0.5, 0.6) is 0 Å². The molecule has 1 rings (SSSR count). The van der Waals surface area contributed by atoms with Crippen molar-refractivity contribution in [1.82, 2.24) is 0 Å². The lowest BCUT2D eigenvalue weighted by Gasteiger charge is -2.18. The van der Waals surface area contributed by atoms with Crippen molar-refractivity contribution in [3.63, 3.8) is 0 Å². The smallest absolute Gasteiger partial charge is 0.309 e. The van der Waals surface area contributed by atoms with Crippen LogP contribution in [-0.4, -0.2) is 11.9 Å². The van der Waals surface area contributed by atoms with E-state index in [0.29, 0.717) is 18.4 Å². The molecule has 1 aromatic heterocycles. The number of carbonyl (C=O) groups excluding carboxylic acids is 2. The molecule has 0 aliphatic rings. The number of hydrogen-bond acceptors (Lipinski definition) is 4. The van der Waals surface area contributed by atoms with Crippen molar-refractivity contribution >= 4 is 11.9 Å². The van der Waals surface area contributed by atoms with E-state index in [0.717, 1.165) is 51.4 Å². The molecule has 0 unspecified atom stereocenters. The first-order valence-electron chi connectivity index (χ1n) is 20.2. The molecule has 0 atom stereocenters. The number of nitrogens with zero attached hydrogens (tertiary/aromatic N) is 1. The quantitative estimate of drug-likeness (QED) is 0.0241. The second kappa shape index (κ2) is 35.7. The predicted molar refractivity (Wildman–Crippen MR) is 201 cm³/mol. The van der Waals surface area contributed by atoms with Crippen LogP contribution >= 0.6 is 0 Å². The Hall–Kier alpha value is -2.14. The molecule has 0 N–H and O–H groups in total. The van der Waals surface area contributed by atoms with Gasteiger partial charge in [-0.3, -0.25) is 9.59 Å². The second-order valence-electron chi connectivity index (χ2n) is 13.8. The molecule has 0 radical (unpaired) electrons. The van der Waals surface area contributed by atoms with E-state index in [4.69, 9.17) is 9.47 Å². The van der Waals surface area contributed by atoms with Gasteiger partial charge in [0.2, 0.25) is 0 Å². The van der Waals surface area contributed by atoms with Crippen LogP contribution < -0.4 is 17.0 Å². The Morgan fingerprint density at radius 2 is 0.837 bits per heavy atom. The highest BCUT2D eigenvalue weighted by Crippen LogP contribution is 2.21. The normalized spacial score (nSPS) is 11.4. The van der Waals surface area contributed by atoms with Crippen molar-refractivity contribution < 1.29 is 36.0 Å². The lowest BCUT2D eigenvalue weighted by atomic mass is 10.1. The standard InChI is InChI=1S/C43H74NO4.ClH/c1-4-6-8-10-12-14-16-18-20-22-24-26-28-30-32-34-41(45)47-43(40-36-38-44(3)39-37-40)48-42(46)35-33-31-29-27-25-23-21-19-17-15-13-11-9-7-5-2;/h18-21,36-39,43H,4-17,22-35H2,1-3H3;1H/q+1;/p-1/b20-18+,21-19+;. The lowest BCUT2D eigenvalue weighted by molar-refractivity contribution is -0.671. The van der Waals surface area contributed by atoms with E-state index in [9.17, 15) is 9.59 Å². The Bertz CT molecular complexity index is 892. The highest BCUT2D eigenvalue weighted by molar-refractivity contribution is 5.71. The Balaban J connectivity index is 0.0000230. The number of rotatable bonds is 33. The zero-order chi connectivity index (χ0) is 34.8. The van der Waals surface area contributed by atoms with Gasteiger partial charge in [-0.25, -0.2) is 4.57 Å². The van der Waals surface area contributed by atoms with Crippen LogP contribution in [0.15, 0.2) is 48.8 Å². The number of esters is 2. The summed E-state index contributed by atoms with van der Waals surface area (Å²) in [6, 6.07) is 3.69. The molecule has 0 saturated heterocycles. The fourth-order valence-corrected chi connectivity index (χ4v) is 5.87. The van der Waals surface area contributed by atoms with Crippen molar-refractivity contribution in [3.05, 3.63) is 54.4 Å². The largest absolute Gasteiger partial charge is 1.00 e. The van der Waals surface area contributed by atoms with Gasteiger partial charge >= 0.3 is 11.9 Å². The number of halogens is 1. The molecule has 282 valence electrons. The van der Waals surface area contributed by atoms with Crippen molar-refractivity contribution in [2.45, 2.75) is 200 Å². The molecule has 0 saturated carbocycles. The van der Waals surface area contributed by atoms with Gasteiger partial charge in [-0.15, -0.1) is 0 Å². The highest BCUT2D eigenvalue weighted by Gasteiger charge is 2.22. The van der Waals surface area contributed by atoms with Gasteiger partial charge in [-0.1, -0.05) is 141 Å². The average molecular weight is 705 g/mol. The summed E-state index contributed by atoms with van der Waals surface area (Å²) in [7, 11) is 1.93. The molecular formula is C43H74ClNO4. The van der Waals surface area contributed by atoms with Crippen LogP contribution in [0.2, 0.25) is 0 Å². The maximum Gasteiger partial charge on any atom is 0.309 e. The Morgan fingerprint density at radius 1 is 0.531 bits per heavy atom. The minimum absolute atomic E-state index is 0. The van der Waals surface area contributed by atoms with Crippen molar-refractivity contribution in [2.75, 3.05) is 0 Å². The zero-order valence-electron chi connectivity index (χ0n) is 32.0. The first-order valence-corrected chi connectivity index (χ1v) is 20.2. The Kier molecular flexibility index (Phi) is 34.1. The third kappa shape index (κ3) is 30.4. The number of pyridine rings is 1. The molecule has 0 amide bonds. The number of unbranched alkanes of at least 4 members (excludes halogenated alkanes) is 22. The second-order valence-corrected chi connectivity index (χ2v) is 13.8. The molecule has 0 bridgehead atoms. The molecule has 0 spiro atoms. The van der Waals surface area contributed by atoms with E-state index in [2.05, 4.69) is 38.2 Å². The van der Waals surface area contributed by atoms with Crippen LogP contribution in [-0.2, 0) is 26.1 Å². The molecule has 0 fully saturated rings. The van der Waals surface area contributed by atoms with Gasteiger partial charge in [0.05, 0.1) is 0 Å². The van der Waals surface area contributed by atoms with Crippen LogP contribution in [0.4, 0.5) is 0 Å². The molecule has 0 aliphatic carbocycles. The first kappa shape index (κ1) is 46.9. The first-order chi connectivity index (χ1) is 23.6. The van der Waals surface area contributed by atoms with Gasteiger partial charge in [-0.2, -0.15) is 0 Å². The van der Waals surface area contributed by atoms with E-state index >= 15 is 0 Å². The van der Waals surface area contributed by atoms with Crippen LogP contribution in [0.1, 0.15) is 205 Å². The van der Waals surface area contributed by atoms with Crippen molar-refractivity contribution in [3.8, 4) is 0 Å². The monoisotopic (exact) mass is 704 g/mol. The summed E-state index contributed by atoms with van der Waals surface area (Å²) in [4.78, 5) is 25.4. The number of aromatic nitrogens is 1. The van der Waals surface area contributed by atoms with Gasteiger partial charge < -0.3 is 21.9 Å². The maximum absolute atomic E-state index is 12.7. The summed E-state index contributed by atoms with van der Waals surface area (Å²) in [5.41, 5.74) is 0.684. The molecule has 5 nitrogen and oxygen atoms in total.